The van der Waals surface area contributed by atoms with Crippen LogP contribution in [0.2, 0.25) is 0 Å². The summed E-state index contributed by atoms with van der Waals surface area (Å²) in [6, 6.07) is 1.99. The van der Waals surface area contributed by atoms with E-state index in [1.54, 1.807) is 14.2 Å². The second kappa shape index (κ2) is 9.91. The summed E-state index contributed by atoms with van der Waals surface area (Å²) in [5, 5.41) is 7.07. The standard InChI is InChI=1S/C13H25N3O3/c1-14-10-12-9-13(19-15-12)11-16(6-8-18-3)5-4-7-17-2/h9,14H,4-8,10-11H2,1-3H3. The van der Waals surface area contributed by atoms with Gasteiger partial charge >= 0.3 is 0 Å². The molecular weight excluding hydrogens is 246 g/mol. The second-order valence-corrected chi connectivity index (χ2v) is 4.43. The van der Waals surface area contributed by atoms with Crippen molar-refractivity contribution in [1.82, 2.24) is 15.4 Å². The van der Waals surface area contributed by atoms with E-state index in [1.165, 1.54) is 0 Å². The molecule has 0 radical (unpaired) electrons. The summed E-state index contributed by atoms with van der Waals surface area (Å²) in [6.07, 6.45) is 0.998. The molecule has 0 amide bonds. The maximum Gasteiger partial charge on any atom is 0.151 e. The largest absolute Gasteiger partial charge is 0.385 e. The minimum Gasteiger partial charge on any atom is -0.385 e. The first-order chi connectivity index (χ1) is 9.30. The number of aromatic nitrogens is 1. The smallest absolute Gasteiger partial charge is 0.151 e. The van der Waals surface area contributed by atoms with Crippen molar-refractivity contribution in [1.29, 1.82) is 0 Å². The van der Waals surface area contributed by atoms with E-state index in [9.17, 15) is 0 Å². The normalized spacial score (nSPS) is 11.4. The lowest BCUT2D eigenvalue weighted by Crippen LogP contribution is -2.28. The molecule has 0 saturated carbocycles. The number of nitrogens with zero attached hydrogens (tertiary/aromatic N) is 2. The van der Waals surface area contributed by atoms with Gasteiger partial charge in [0.2, 0.25) is 0 Å². The van der Waals surface area contributed by atoms with Gasteiger partial charge in [0.1, 0.15) is 0 Å². The molecule has 6 heteroatoms. The summed E-state index contributed by atoms with van der Waals surface area (Å²) in [6.45, 7) is 4.80. The minimum absolute atomic E-state index is 0.713. The average molecular weight is 271 g/mol. The van der Waals surface area contributed by atoms with Gasteiger partial charge in [0.05, 0.1) is 18.8 Å². The van der Waals surface area contributed by atoms with Crippen molar-refractivity contribution in [3.05, 3.63) is 17.5 Å². The molecule has 1 rings (SSSR count). The fourth-order valence-corrected chi connectivity index (χ4v) is 1.84. The van der Waals surface area contributed by atoms with Gasteiger partial charge in [-0.1, -0.05) is 5.16 Å². The van der Waals surface area contributed by atoms with E-state index in [0.29, 0.717) is 6.61 Å². The van der Waals surface area contributed by atoms with E-state index < -0.39 is 0 Å². The fourth-order valence-electron chi connectivity index (χ4n) is 1.84. The molecule has 0 atom stereocenters. The van der Waals surface area contributed by atoms with Crippen LogP contribution in [0.15, 0.2) is 10.6 Å². The SMILES string of the molecule is CNCc1cc(CN(CCCOC)CCOC)on1. The molecule has 0 aliphatic carbocycles. The van der Waals surface area contributed by atoms with Crippen LogP contribution in [0.25, 0.3) is 0 Å². The molecule has 1 heterocycles. The Balaban J connectivity index is 2.43. The van der Waals surface area contributed by atoms with Gasteiger partial charge in [-0.2, -0.15) is 0 Å². The van der Waals surface area contributed by atoms with Gasteiger partial charge < -0.3 is 19.3 Å². The van der Waals surface area contributed by atoms with Gasteiger partial charge in [0.15, 0.2) is 5.76 Å². The van der Waals surface area contributed by atoms with E-state index in [-0.39, 0.29) is 0 Å². The van der Waals surface area contributed by atoms with Crippen molar-refractivity contribution in [3.8, 4) is 0 Å². The predicted molar refractivity (Wildman–Crippen MR) is 72.9 cm³/mol. The maximum absolute atomic E-state index is 5.33. The molecule has 0 aliphatic heterocycles. The Bertz CT molecular complexity index is 331. The van der Waals surface area contributed by atoms with Gasteiger partial charge in [-0.3, -0.25) is 4.90 Å². The quantitative estimate of drug-likeness (QED) is 0.603. The lowest BCUT2D eigenvalue weighted by Gasteiger charge is -2.20. The third kappa shape index (κ3) is 6.68. The first-order valence-electron chi connectivity index (χ1n) is 6.59. The number of rotatable bonds is 11. The van der Waals surface area contributed by atoms with Crippen LogP contribution in [-0.4, -0.2) is 57.6 Å². The number of methoxy groups -OCH3 is 2. The fraction of sp³-hybridized carbons (Fsp3) is 0.769. The van der Waals surface area contributed by atoms with Gasteiger partial charge in [0.25, 0.3) is 0 Å². The monoisotopic (exact) mass is 271 g/mol. The molecule has 1 aromatic heterocycles. The van der Waals surface area contributed by atoms with Crippen molar-refractivity contribution in [2.24, 2.45) is 0 Å². The van der Waals surface area contributed by atoms with Crippen LogP contribution in [0.1, 0.15) is 17.9 Å². The zero-order valence-electron chi connectivity index (χ0n) is 12.1. The van der Waals surface area contributed by atoms with Crippen LogP contribution in [-0.2, 0) is 22.6 Å². The topological polar surface area (TPSA) is 59.8 Å². The highest BCUT2D eigenvalue weighted by Crippen LogP contribution is 2.08. The van der Waals surface area contributed by atoms with Crippen LogP contribution in [0.3, 0.4) is 0 Å². The summed E-state index contributed by atoms with van der Waals surface area (Å²) in [5.41, 5.74) is 0.932. The van der Waals surface area contributed by atoms with Crippen LogP contribution in [0.5, 0.6) is 0 Å². The maximum atomic E-state index is 5.33. The van der Waals surface area contributed by atoms with Gasteiger partial charge in [-0.05, 0) is 13.5 Å². The molecule has 110 valence electrons. The third-order valence-electron chi connectivity index (χ3n) is 2.78. The molecular formula is C13H25N3O3. The third-order valence-corrected chi connectivity index (χ3v) is 2.78. The lowest BCUT2D eigenvalue weighted by molar-refractivity contribution is 0.123. The molecule has 6 nitrogen and oxygen atoms in total. The van der Waals surface area contributed by atoms with E-state index in [4.69, 9.17) is 14.0 Å². The Morgan fingerprint density at radius 3 is 2.74 bits per heavy atom. The van der Waals surface area contributed by atoms with Gasteiger partial charge in [-0.25, -0.2) is 0 Å². The van der Waals surface area contributed by atoms with Crippen LogP contribution < -0.4 is 5.32 Å². The number of hydrogen-bond acceptors (Lipinski definition) is 6. The molecule has 0 spiro atoms. The Kier molecular flexibility index (Phi) is 8.40. The van der Waals surface area contributed by atoms with Crippen molar-refractivity contribution in [2.45, 2.75) is 19.5 Å². The second-order valence-electron chi connectivity index (χ2n) is 4.43. The molecule has 0 bridgehead atoms. The zero-order chi connectivity index (χ0) is 13.9. The minimum atomic E-state index is 0.713. The summed E-state index contributed by atoms with van der Waals surface area (Å²) in [4.78, 5) is 2.28. The Morgan fingerprint density at radius 1 is 1.26 bits per heavy atom. The Labute approximate surface area is 115 Å². The zero-order valence-corrected chi connectivity index (χ0v) is 12.1. The summed E-state index contributed by atoms with van der Waals surface area (Å²) in [7, 11) is 5.33. The summed E-state index contributed by atoms with van der Waals surface area (Å²) < 4.78 is 15.5. The highest BCUT2D eigenvalue weighted by molar-refractivity contribution is 5.04. The van der Waals surface area contributed by atoms with Crippen molar-refractivity contribution < 1.29 is 14.0 Å². The first-order valence-corrected chi connectivity index (χ1v) is 6.59. The van der Waals surface area contributed by atoms with E-state index in [2.05, 4.69) is 15.4 Å². The molecule has 1 N–H and O–H groups in total. The van der Waals surface area contributed by atoms with E-state index in [0.717, 1.165) is 50.7 Å². The first kappa shape index (κ1) is 16.1. The number of ether oxygens (including phenoxy) is 2. The molecule has 0 aliphatic rings. The highest BCUT2D eigenvalue weighted by atomic mass is 16.5. The molecule has 0 saturated heterocycles. The van der Waals surface area contributed by atoms with Crippen LogP contribution >= 0.6 is 0 Å². The van der Waals surface area contributed by atoms with Crippen LogP contribution in [0.4, 0.5) is 0 Å². The molecule has 19 heavy (non-hydrogen) atoms. The number of nitrogens with one attached hydrogen (secondary N) is 1. The highest BCUT2D eigenvalue weighted by Gasteiger charge is 2.10. The predicted octanol–water partition coefficient (Wildman–Crippen LogP) is 0.879. The van der Waals surface area contributed by atoms with Gasteiger partial charge in [0, 0.05) is 46.5 Å². The Morgan fingerprint density at radius 2 is 2.05 bits per heavy atom. The summed E-state index contributed by atoms with van der Waals surface area (Å²) >= 11 is 0. The molecule has 0 aromatic carbocycles. The molecule has 0 fully saturated rings. The van der Waals surface area contributed by atoms with Crippen molar-refractivity contribution in [2.75, 3.05) is 47.6 Å². The van der Waals surface area contributed by atoms with Crippen molar-refractivity contribution in [3.63, 3.8) is 0 Å². The lowest BCUT2D eigenvalue weighted by atomic mass is 10.3. The average Bonchev–Trinajstić information content (AvgIpc) is 2.84. The van der Waals surface area contributed by atoms with Crippen LogP contribution in [0, 0.1) is 0 Å². The van der Waals surface area contributed by atoms with E-state index >= 15 is 0 Å². The number of hydrogen-bond donors (Lipinski definition) is 1. The molecule has 0 unspecified atom stereocenters. The Hall–Kier alpha value is -0.950. The summed E-state index contributed by atoms with van der Waals surface area (Å²) in [5.74, 6) is 0.888. The molecule has 1 aromatic rings. The van der Waals surface area contributed by atoms with Gasteiger partial charge in [-0.15, -0.1) is 0 Å². The van der Waals surface area contributed by atoms with Crippen molar-refractivity contribution >= 4 is 0 Å². The van der Waals surface area contributed by atoms with E-state index in [1.807, 2.05) is 13.1 Å².